The third kappa shape index (κ3) is 3.50. The highest BCUT2D eigenvalue weighted by Crippen LogP contribution is 2.17. The van der Waals surface area contributed by atoms with E-state index in [-0.39, 0.29) is 5.56 Å². The Bertz CT molecular complexity index is 465. The zero-order valence-electron chi connectivity index (χ0n) is 10.9. The lowest BCUT2D eigenvalue weighted by molar-refractivity contribution is 0.0934. The molecule has 2 rings (SSSR count). The van der Waals surface area contributed by atoms with Crippen molar-refractivity contribution in [1.82, 2.24) is 10.6 Å². The molecule has 2 atom stereocenters. The molecular weight excluding hydrogens is 250 g/mol. The molecule has 1 aromatic carbocycles. The van der Waals surface area contributed by atoms with Crippen LogP contribution in [0.25, 0.3) is 0 Å². The van der Waals surface area contributed by atoms with Gasteiger partial charge in [-0.1, -0.05) is 6.92 Å². The first-order valence-electron chi connectivity index (χ1n) is 6.52. The van der Waals surface area contributed by atoms with Crippen LogP contribution in [-0.2, 0) is 0 Å². The maximum Gasteiger partial charge on any atom is 0.254 e. The third-order valence-electron chi connectivity index (χ3n) is 3.69. The molecule has 0 radical (unpaired) electrons. The largest absolute Gasteiger partial charge is 0.352 e. The van der Waals surface area contributed by atoms with E-state index in [2.05, 4.69) is 17.6 Å². The summed E-state index contributed by atoms with van der Waals surface area (Å²) in [5, 5.41) is 5.95. The molecule has 5 heteroatoms. The number of nitrogens with one attached hydrogen (secondary N) is 2. The van der Waals surface area contributed by atoms with Crippen LogP contribution >= 0.6 is 0 Å². The number of rotatable bonds is 3. The zero-order valence-corrected chi connectivity index (χ0v) is 10.9. The summed E-state index contributed by atoms with van der Waals surface area (Å²) >= 11 is 0. The van der Waals surface area contributed by atoms with Crippen LogP contribution in [0, 0.1) is 23.5 Å². The normalized spacial score (nSPS) is 23.1. The fraction of sp³-hybridized carbons (Fsp3) is 0.500. The van der Waals surface area contributed by atoms with E-state index in [1.54, 1.807) is 0 Å². The van der Waals surface area contributed by atoms with Crippen molar-refractivity contribution in [3.05, 3.63) is 35.4 Å². The molecule has 19 heavy (non-hydrogen) atoms. The molecule has 104 valence electrons. The van der Waals surface area contributed by atoms with Gasteiger partial charge < -0.3 is 10.6 Å². The van der Waals surface area contributed by atoms with Gasteiger partial charge in [-0.3, -0.25) is 4.79 Å². The molecule has 0 saturated carbocycles. The number of halogens is 2. The molecule has 1 saturated heterocycles. The number of hydrogen-bond acceptors (Lipinski definition) is 2. The first kappa shape index (κ1) is 13.9. The number of piperidine rings is 1. The fourth-order valence-electron chi connectivity index (χ4n) is 2.32. The molecule has 1 aliphatic heterocycles. The topological polar surface area (TPSA) is 41.1 Å². The van der Waals surface area contributed by atoms with Crippen LogP contribution < -0.4 is 10.6 Å². The zero-order chi connectivity index (χ0) is 13.8. The molecule has 0 aromatic heterocycles. The smallest absolute Gasteiger partial charge is 0.254 e. The Kier molecular flexibility index (Phi) is 4.47. The number of carbonyl (C=O) groups is 1. The minimum absolute atomic E-state index is 0.239. The van der Waals surface area contributed by atoms with E-state index in [1.165, 1.54) is 0 Å². The van der Waals surface area contributed by atoms with Gasteiger partial charge in [0.25, 0.3) is 5.91 Å². The van der Waals surface area contributed by atoms with E-state index >= 15 is 0 Å². The van der Waals surface area contributed by atoms with Gasteiger partial charge in [0.05, 0.1) is 5.56 Å². The molecule has 1 fully saturated rings. The van der Waals surface area contributed by atoms with E-state index in [0.29, 0.717) is 18.4 Å². The Morgan fingerprint density at radius 2 is 2.26 bits per heavy atom. The summed E-state index contributed by atoms with van der Waals surface area (Å²) in [4.78, 5) is 11.8. The van der Waals surface area contributed by atoms with E-state index in [1.807, 2.05) is 0 Å². The lowest BCUT2D eigenvalue weighted by Gasteiger charge is -2.29. The van der Waals surface area contributed by atoms with Crippen molar-refractivity contribution in [2.75, 3.05) is 19.6 Å². The van der Waals surface area contributed by atoms with Crippen molar-refractivity contribution in [2.24, 2.45) is 11.8 Å². The molecule has 1 amide bonds. The van der Waals surface area contributed by atoms with Crippen LogP contribution in [0.2, 0.25) is 0 Å². The molecule has 1 heterocycles. The summed E-state index contributed by atoms with van der Waals surface area (Å²) < 4.78 is 26.4. The fourth-order valence-corrected chi connectivity index (χ4v) is 2.32. The second kappa shape index (κ2) is 6.10. The molecular formula is C14H18F2N2O. The molecule has 2 N–H and O–H groups in total. The van der Waals surface area contributed by atoms with Gasteiger partial charge >= 0.3 is 0 Å². The molecule has 2 unspecified atom stereocenters. The van der Waals surface area contributed by atoms with Crippen molar-refractivity contribution >= 4 is 5.91 Å². The number of carbonyl (C=O) groups excluding carboxylic acids is 1. The highest BCUT2D eigenvalue weighted by molar-refractivity contribution is 5.94. The minimum atomic E-state index is -0.700. The van der Waals surface area contributed by atoms with Crippen molar-refractivity contribution in [1.29, 1.82) is 0 Å². The van der Waals surface area contributed by atoms with Crippen LogP contribution in [0.3, 0.4) is 0 Å². The van der Waals surface area contributed by atoms with Gasteiger partial charge in [-0.2, -0.15) is 0 Å². The van der Waals surface area contributed by atoms with Crippen molar-refractivity contribution in [3.63, 3.8) is 0 Å². The summed E-state index contributed by atoms with van der Waals surface area (Å²) in [5.41, 5.74) is -0.239. The predicted octanol–water partition coefficient (Wildman–Crippen LogP) is 1.94. The summed E-state index contributed by atoms with van der Waals surface area (Å²) in [7, 11) is 0. The molecule has 0 spiro atoms. The second-order valence-electron chi connectivity index (χ2n) is 5.06. The summed E-state index contributed by atoms with van der Waals surface area (Å²) in [5.74, 6) is -1.03. The van der Waals surface area contributed by atoms with Crippen LogP contribution in [-0.4, -0.2) is 25.5 Å². The van der Waals surface area contributed by atoms with E-state index in [0.717, 1.165) is 37.7 Å². The number of benzene rings is 1. The summed E-state index contributed by atoms with van der Waals surface area (Å²) in [6.07, 6.45) is 1.06. The van der Waals surface area contributed by atoms with Crippen LogP contribution in [0.4, 0.5) is 8.78 Å². The quantitative estimate of drug-likeness (QED) is 0.879. The van der Waals surface area contributed by atoms with E-state index in [4.69, 9.17) is 0 Å². The van der Waals surface area contributed by atoms with E-state index < -0.39 is 17.5 Å². The number of amides is 1. The maximum absolute atomic E-state index is 13.4. The van der Waals surface area contributed by atoms with Crippen molar-refractivity contribution < 1.29 is 13.6 Å². The van der Waals surface area contributed by atoms with Gasteiger partial charge in [-0.15, -0.1) is 0 Å². The second-order valence-corrected chi connectivity index (χ2v) is 5.06. The molecule has 0 bridgehead atoms. The first-order chi connectivity index (χ1) is 9.08. The summed E-state index contributed by atoms with van der Waals surface area (Å²) in [6, 6.07) is 2.89. The maximum atomic E-state index is 13.4. The van der Waals surface area contributed by atoms with Crippen LogP contribution in [0.15, 0.2) is 18.2 Å². The molecule has 1 aromatic rings. The average Bonchev–Trinajstić information content (AvgIpc) is 2.40. The standard InChI is InChI=1S/C14H18F2N2O/c1-9-4-5-17-7-10(9)8-18-14(19)12-6-11(15)2-3-13(12)16/h2-3,6,9-10,17H,4-5,7-8H2,1H3,(H,18,19). The van der Waals surface area contributed by atoms with Gasteiger partial charge in [0.15, 0.2) is 0 Å². The third-order valence-corrected chi connectivity index (χ3v) is 3.69. The monoisotopic (exact) mass is 268 g/mol. The van der Waals surface area contributed by atoms with Gasteiger partial charge in [0, 0.05) is 6.54 Å². The average molecular weight is 268 g/mol. The number of hydrogen-bond donors (Lipinski definition) is 2. The van der Waals surface area contributed by atoms with Crippen LogP contribution in [0.5, 0.6) is 0 Å². The molecule has 3 nitrogen and oxygen atoms in total. The highest BCUT2D eigenvalue weighted by atomic mass is 19.1. The Balaban J connectivity index is 1.95. The Morgan fingerprint density at radius 1 is 1.47 bits per heavy atom. The van der Waals surface area contributed by atoms with Gasteiger partial charge in [0.1, 0.15) is 11.6 Å². The first-order valence-corrected chi connectivity index (χ1v) is 6.52. The molecule has 0 aliphatic carbocycles. The van der Waals surface area contributed by atoms with Gasteiger partial charge in [-0.25, -0.2) is 8.78 Å². The lowest BCUT2D eigenvalue weighted by Crippen LogP contribution is -2.42. The summed E-state index contributed by atoms with van der Waals surface area (Å²) in [6.45, 7) is 4.45. The van der Waals surface area contributed by atoms with Crippen molar-refractivity contribution in [3.8, 4) is 0 Å². The Morgan fingerprint density at radius 3 is 3.00 bits per heavy atom. The van der Waals surface area contributed by atoms with Gasteiger partial charge in [0.2, 0.25) is 0 Å². The van der Waals surface area contributed by atoms with E-state index in [9.17, 15) is 13.6 Å². The van der Waals surface area contributed by atoms with Gasteiger partial charge in [-0.05, 0) is 49.5 Å². The molecule has 1 aliphatic rings. The SMILES string of the molecule is CC1CCNCC1CNC(=O)c1cc(F)ccc1F. The Hall–Kier alpha value is -1.49. The van der Waals surface area contributed by atoms with Crippen molar-refractivity contribution in [2.45, 2.75) is 13.3 Å². The minimum Gasteiger partial charge on any atom is -0.352 e. The van der Waals surface area contributed by atoms with Crippen LogP contribution in [0.1, 0.15) is 23.7 Å². The predicted molar refractivity (Wildman–Crippen MR) is 68.8 cm³/mol. The highest BCUT2D eigenvalue weighted by Gasteiger charge is 2.22. The Labute approximate surface area is 111 Å². The lowest BCUT2D eigenvalue weighted by atomic mass is 9.88.